The van der Waals surface area contributed by atoms with Gasteiger partial charge in [0.25, 0.3) is 0 Å². The average molecular weight is 449 g/mol. The summed E-state index contributed by atoms with van der Waals surface area (Å²) in [5, 5.41) is 11.6. The second-order valence-electron chi connectivity index (χ2n) is 7.60. The Morgan fingerprint density at radius 2 is 1.61 bits per heavy atom. The van der Waals surface area contributed by atoms with Gasteiger partial charge in [-0.25, -0.2) is 18.4 Å². The molecule has 0 atom stereocenters. The molecule has 33 heavy (non-hydrogen) atoms. The van der Waals surface area contributed by atoms with Gasteiger partial charge in [-0.2, -0.15) is 0 Å². The van der Waals surface area contributed by atoms with E-state index in [4.69, 9.17) is 9.84 Å². The molecule has 0 fully saturated rings. The quantitative estimate of drug-likeness (QED) is 0.460. The molecule has 0 radical (unpaired) electrons. The van der Waals surface area contributed by atoms with Crippen molar-refractivity contribution in [1.82, 2.24) is 5.32 Å². The predicted molar refractivity (Wildman–Crippen MR) is 120 cm³/mol. The van der Waals surface area contributed by atoms with Gasteiger partial charge >= 0.3 is 12.1 Å². The van der Waals surface area contributed by atoms with Crippen molar-refractivity contribution in [2.45, 2.75) is 12.3 Å². The van der Waals surface area contributed by atoms with Crippen LogP contribution in [-0.2, 0) is 4.74 Å². The second-order valence-corrected chi connectivity index (χ2v) is 7.60. The molecule has 7 heteroatoms. The van der Waals surface area contributed by atoms with E-state index in [0.717, 1.165) is 28.3 Å². The number of hydrogen-bond donors (Lipinski definition) is 2. The molecular formula is C26H21F2NO4. The fourth-order valence-electron chi connectivity index (χ4n) is 3.97. The zero-order valence-electron chi connectivity index (χ0n) is 17.6. The third-order valence-corrected chi connectivity index (χ3v) is 5.54. The van der Waals surface area contributed by atoms with E-state index in [0.29, 0.717) is 12.5 Å². The zero-order chi connectivity index (χ0) is 23.4. The standard InChI is InChI=1S/C26H21F2NO4/c27-23-14-24(28)21(25(30)31)13-16(23)7-5-6-12-29-26(32)33-15-22-19-10-3-1-8-17(19)18-9-2-4-11-20(18)22/h1-5,7-11,13-14,22H,6,12,15H2,(H,29,32)(H,30,31). The number of carbonyl (C=O) groups excluding carboxylic acids is 1. The van der Waals surface area contributed by atoms with Crippen molar-refractivity contribution in [2.24, 2.45) is 0 Å². The second kappa shape index (κ2) is 9.65. The van der Waals surface area contributed by atoms with Crippen LogP contribution in [0.1, 0.15) is 39.4 Å². The Morgan fingerprint density at radius 3 is 2.24 bits per heavy atom. The summed E-state index contributed by atoms with van der Waals surface area (Å²) >= 11 is 0. The molecule has 0 aliphatic heterocycles. The number of ether oxygens (including phenoxy) is 1. The lowest BCUT2D eigenvalue weighted by Gasteiger charge is -2.14. The summed E-state index contributed by atoms with van der Waals surface area (Å²) in [6.07, 6.45) is 2.70. The Balaban J connectivity index is 1.29. The number of benzene rings is 3. The van der Waals surface area contributed by atoms with Gasteiger partial charge in [-0.15, -0.1) is 0 Å². The summed E-state index contributed by atoms with van der Waals surface area (Å²) in [5.41, 5.74) is 3.88. The van der Waals surface area contributed by atoms with Crippen molar-refractivity contribution in [3.63, 3.8) is 0 Å². The lowest BCUT2D eigenvalue weighted by Crippen LogP contribution is -2.26. The highest BCUT2D eigenvalue weighted by atomic mass is 19.1. The molecule has 0 bridgehead atoms. The summed E-state index contributed by atoms with van der Waals surface area (Å²) in [6, 6.07) is 17.6. The zero-order valence-corrected chi connectivity index (χ0v) is 17.6. The first-order chi connectivity index (χ1) is 16.0. The first-order valence-electron chi connectivity index (χ1n) is 10.4. The number of alkyl carbamates (subject to hydrolysis) is 1. The van der Waals surface area contributed by atoms with Crippen molar-refractivity contribution in [3.8, 4) is 11.1 Å². The molecule has 1 aliphatic rings. The van der Waals surface area contributed by atoms with Crippen molar-refractivity contribution < 1.29 is 28.2 Å². The molecule has 1 amide bonds. The van der Waals surface area contributed by atoms with Crippen LogP contribution < -0.4 is 5.32 Å². The number of rotatable bonds is 7. The van der Waals surface area contributed by atoms with Crippen LogP contribution in [0.2, 0.25) is 0 Å². The van der Waals surface area contributed by atoms with Gasteiger partial charge in [-0.1, -0.05) is 60.7 Å². The average Bonchev–Trinajstić information content (AvgIpc) is 3.12. The number of fused-ring (bicyclic) bond motifs is 3. The fraction of sp³-hybridized carbons (Fsp3) is 0.154. The van der Waals surface area contributed by atoms with Crippen LogP contribution in [0, 0.1) is 11.6 Å². The number of amides is 1. The number of carbonyl (C=O) groups is 2. The van der Waals surface area contributed by atoms with E-state index in [1.165, 1.54) is 6.08 Å². The number of carboxylic acid groups (broad SMARTS) is 1. The van der Waals surface area contributed by atoms with Crippen LogP contribution in [-0.4, -0.2) is 30.3 Å². The van der Waals surface area contributed by atoms with Gasteiger partial charge < -0.3 is 15.2 Å². The van der Waals surface area contributed by atoms with E-state index >= 15 is 0 Å². The first-order valence-corrected chi connectivity index (χ1v) is 10.4. The van der Waals surface area contributed by atoms with Crippen LogP contribution in [0.5, 0.6) is 0 Å². The topological polar surface area (TPSA) is 75.6 Å². The Bertz CT molecular complexity index is 1190. The molecule has 0 saturated heterocycles. The van der Waals surface area contributed by atoms with Gasteiger partial charge in [-0.05, 0) is 34.7 Å². The fourth-order valence-corrected chi connectivity index (χ4v) is 3.97. The number of aromatic carboxylic acids is 1. The van der Waals surface area contributed by atoms with Gasteiger partial charge in [0.15, 0.2) is 0 Å². The minimum absolute atomic E-state index is 0.0343. The van der Waals surface area contributed by atoms with Crippen molar-refractivity contribution in [2.75, 3.05) is 13.2 Å². The van der Waals surface area contributed by atoms with Crippen molar-refractivity contribution in [3.05, 3.63) is 101 Å². The van der Waals surface area contributed by atoms with Crippen LogP contribution in [0.4, 0.5) is 13.6 Å². The first kappa shape index (κ1) is 22.2. The summed E-state index contributed by atoms with van der Waals surface area (Å²) in [5.74, 6) is -3.50. The number of carboxylic acids is 1. The maximum Gasteiger partial charge on any atom is 0.407 e. The Kier molecular flexibility index (Phi) is 6.49. The van der Waals surface area contributed by atoms with E-state index in [1.807, 2.05) is 36.4 Å². The third-order valence-electron chi connectivity index (χ3n) is 5.54. The Labute approximate surface area is 189 Å². The lowest BCUT2D eigenvalue weighted by molar-refractivity contribution is 0.0691. The summed E-state index contributed by atoms with van der Waals surface area (Å²) in [4.78, 5) is 23.1. The molecule has 168 valence electrons. The van der Waals surface area contributed by atoms with E-state index in [9.17, 15) is 18.4 Å². The largest absolute Gasteiger partial charge is 0.478 e. The molecule has 5 nitrogen and oxygen atoms in total. The molecular weight excluding hydrogens is 428 g/mol. The third kappa shape index (κ3) is 4.77. The minimum Gasteiger partial charge on any atom is -0.478 e. The lowest BCUT2D eigenvalue weighted by atomic mass is 9.98. The van der Waals surface area contributed by atoms with Crippen LogP contribution in [0.15, 0.2) is 66.7 Å². The maximum atomic E-state index is 13.8. The number of nitrogens with one attached hydrogen (secondary N) is 1. The molecule has 3 aromatic carbocycles. The summed E-state index contributed by atoms with van der Waals surface area (Å²) < 4.78 is 32.7. The van der Waals surface area contributed by atoms with E-state index in [1.54, 1.807) is 6.08 Å². The molecule has 1 aliphatic carbocycles. The van der Waals surface area contributed by atoms with E-state index < -0.39 is 29.3 Å². The smallest absolute Gasteiger partial charge is 0.407 e. The molecule has 4 rings (SSSR count). The van der Waals surface area contributed by atoms with Crippen LogP contribution >= 0.6 is 0 Å². The van der Waals surface area contributed by atoms with Crippen molar-refractivity contribution >= 4 is 18.1 Å². The van der Waals surface area contributed by atoms with Gasteiger partial charge in [0.2, 0.25) is 0 Å². The molecule has 2 N–H and O–H groups in total. The molecule has 0 spiro atoms. The summed E-state index contributed by atoms with van der Waals surface area (Å²) in [6.45, 7) is 0.441. The van der Waals surface area contributed by atoms with Gasteiger partial charge in [-0.3, -0.25) is 0 Å². The van der Waals surface area contributed by atoms with Gasteiger partial charge in [0.05, 0.1) is 5.56 Å². The summed E-state index contributed by atoms with van der Waals surface area (Å²) in [7, 11) is 0. The molecule has 0 heterocycles. The van der Waals surface area contributed by atoms with Crippen LogP contribution in [0.3, 0.4) is 0 Å². The predicted octanol–water partition coefficient (Wildman–Crippen LogP) is 5.61. The van der Waals surface area contributed by atoms with Gasteiger partial charge in [0.1, 0.15) is 18.2 Å². The number of hydrogen-bond acceptors (Lipinski definition) is 3. The van der Waals surface area contributed by atoms with Crippen molar-refractivity contribution in [1.29, 1.82) is 0 Å². The normalized spacial score (nSPS) is 12.4. The van der Waals surface area contributed by atoms with Gasteiger partial charge in [0, 0.05) is 24.1 Å². The van der Waals surface area contributed by atoms with E-state index in [2.05, 4.69) is 17.4 Å². The SMILES string of the molecule is O=C(NCCC=Cc1cc(C(=O)O)c(F)cc1F)OCC1c2ccccc2-c2ccccc21. The minimum atomic E-state index is -1.47. The van der Waals surface area contributed by atoms with E-state index in [-0.39, 0.29) is 24.6 Å². The number of halogens is 2. The highest BCUT2D eigenvalue weighted by Crippen LogP contribution is 2.44. The highest BCUT2D eigenvalue weighted by Gasteiger charge is 2.28. The maximum absolute atomic E-state index is 13.8. The van der Waals surface area contributed by atoms with Crippen LogP contribution in [0.25, 0.3) is 17.2 Å². The monoisotopic (exact) mass is 449 g/mol. The Morgan fingerprint density at radius 1 is 0.970 bits per heavy atom. The molecule has 0 saturated carbocycles. The molecule has 3 aromatic rings. The molecule has 0 unspecified atom stereocenters. The Hall–Kier alpha value is -4.00. The highest BCUT2D eigenvalue weighted by molar-refractivity contribution is 5.88. The molecule has 0 aromatic heterocycles.